The molecule has 6 nitrogen and oxygen atoms in total. The van der Waals surface area contributed by atoms with Gasteiger partial charge in [-0.3, -0.25) is 14.4 Å². The molecule has 0 saturated carbocycles. The van der Waals surface area contributed by atoms with Crippen molar-refractivity contribution >= 4 is 17.5 Å². The number of ether oxygens (including phenoxy) is 2. The summed E-state index contributed by atoms with van der Waals surface area (Å²) in [7, 11) is 0. The second kappa shape index (κ2) is 26.8. The third-order valence-electron chi connectivity index (χ3n) is 6.54. The number of carbonyl (C=O) groups is 3. The van der Waals surface area contributed by atoms with Crippen LogP contribution in [-0.4, -0.2) is 61.9 Å². The van der Waals surface area contributed by atoms with Crippen molar-refractivity contribution in [3.8, 4) is 0 Å². The first-order chi connectivity index (χ1) is 17.5. The van der Waals surface area contributed by atoms with Gasteiger partial charge in [0.25, 0.3) is 0 Å². The SMILES string of the molecule is CCCCCCCCCCCCCC(=O)N(CCOCCC(C)=O)CCOCCC(=O)CCCCC. The molecular formula is C30H57NO5. The van der Waals surface area contributed by atoms with Gasteiger partial charge in [0.15, 0.2) is 0 Å². The monoisotopic (exact) mass is 511 g/mol. The lowest BCUT2D eigenvalue weighted by Gasteiger charge is -2.23. The third-order valence-corrected chi connectivity index (χ3v) is 6.54. The average Bonchev–Trinajstić information content (AvgIpc) is 2.85. The van der Waals surface area contributed by atoms with Crippen LogP contribution in [0.4, 0.5) is 0 Å². The molecule has 0 aromatic heterocycles. The molecule has 0 spiro atoms. The van der Waals surface area contributed by atoms with Crippen molar-refractivity contribution < 1.29 is 23.9 Å². The third kappa shape index (κ3) is 24.4. The minimum Gasteiger partial charge on any atom is -0.379 e. The van der Waals surface area contributed by atoms with Crippen molar-refractivity contribution in [2.24, 2.45) is 0 Å². The smallest absolute Gasteiger partial charge is 0.222 e. The van der Waals surface area contributed by atoms with Crippen molar-refractivity contribution in [3.63, 3.8) is 0 Å². The second-order valence-corrected chi connectivity index (χ2v) is 10.1. The molecule has 6 heteroatoms. The Balaban J connectivity index is 4.10. The van der Waals surface area contributed by atoms with Crippen LogP contribution in [0.1, 0.15) is 136 Å². The molecule has 0 heterocycles. The maximum atomic E-state index is 12.8. The molecule has 0 aromatic rings. The first kappa shape index (κ1) is 34.7. The van der Waals surface area contributed by atoms with Crippen molar-refractivity contribution in [2.75, 3.05) is 39.5 Å². The van der Waals surface area contributed by atoms with E-state index < -0.39 is 0 Å². The Labute approximate surface area is 222 Å². The number of carbonyl (C=O) groups excluding carboxylic acids is 3. The van der Waals surface area contributed by atoms with Gasteiger partial charge in [0.1, 0.15) is 11.6 Å². The predicted octanol–water partition coefficient (Wildman–Crippen LogP) is 7.07. The molecular weight excluding hydrogens is 454 g/mol. The highest BCUT2D eigenvalue weighted by atomic mass is 16.5. The van der Waals surface area contributed by atoms with Crippen LogP contribution in [0.5, 0.6) is 0 Å². The summed E-state index contributed by atoms with van der Waals surface area (Å²) >= 11 is 0. The van der Waals surface area contributed by atoms with Gasteiger partial charge in [-0.05, 0) is 19.8 Å². The van der Waals surface area contributed by atoms with E-state index >= 15 is 0 Å². The van der Waals surface area contributed by atoms with Gasteiger partial charge >= 0.3 is 0 Å². The van der Waals surface area contributed by atoms with E-state index in [-0.39, 0.29) is 17.5 Å². The number of nitrogens with zero attached hydrogens (tertiary/aromatic N) is 1. The average molecular weight is 512 g/mol. The number of amides is 1. The highest BCUT2D eigenvalue weighted by Crippen LogP contribution is 2.12. The fraction of sp³-hybridized carbons (Fsp3) is 0.900. The van der Waals surface area contributed by atoms with Crippen LogP contribution in [0.2, 0.25) is 0 Å². The van der Waals surface area contributed by atoms with E-state index in [1.807, 2.05) is 4.90 Å². The van der Waals surface area contributed by atoms with Crippen molar-refractivity contribution in [3.05, 3.63) is 0 Å². The summed E-state index contributed by atoms with van der Waals surface area (Å²) in [5.74, 6) is 0.504. The molecule has 0 aliphatic heterocycles. The lowest BCUT2D eigenvalue weighted by molar-refractivity contribution is -0.133. The molecule has 212 valence electrons. The van der Waals surface area contributed by atoms with Crippen molar-refractivity contribution in [1.82, 2.24) is 4.90 Å². The maximum Gasteiger partial charge on any atom is 0.222 e. The van der Waals surface area contributed by atoms with E-state index in [0.29, 0.717) is 65.2 Å². The summed E-state index contributed by atoms with van der Waals surface area (Å²) in [6.45, 7) is 8.62. The van der Waals surface area contributed by atoms with E-state index in [1.54, 1.807) is 6.92 Å². The van der Waals surface area contributed by atoms with E-state index in [9.17, 15) is 14.4 Å². The molecule has 0 aliphatic rings. The van der Waals surface area contributed by atoms with Gasteiger partial charge < -0.3 is 14.4 Å². The zero-order valence-corrected chi connectivity index (χ0v) is 24.0. The number of Topliss-reactive ketones (excluding diaryl/α,β-unsaturated/α-hetero) is 2. The maximum absolute atomic E-state index is 12.8. The van der Waals surface area contributed by atoms with Gasteiger partial charge in [0, 0.05) is 38.8 Å². The summed E-state index contributed by atoms with van der Waals surface area (Å²) in [6.07, 6.45) is 19.1. The molecule has 0 fully saturated rings. The lowest BCUT2D eigenvalue weighted by Crippen LogP contribution is -2.36. The summed E-state index contributed by atoms with van der Waals surface area (Å²) in [6, 6.07) is 0. The molecule has 0 saturated heterocycles. The Kier molecular flexibility index (Phi) is 25.8. The summed E-state index contributed by atoms with van der Waals surface area (Å²) < 4.78 is 11.2. The van der Waals surface area contributed by atoms with E-state index in [0.717, 1.165) is 32.1 Å². The molecule has 0 aromatic carbocycles. The molecule has 0 aliphatic carbocycles. The van der Waals surface area contributed by atoms with Gasteiger partial charge in [0.05, 0.1) is 26.4 Å². The Morgan fingerprint density at radius 1 is 0.528 bits per heavy atom. The fourth-order valence-electron chi connectivity index (χ4n) is 4.11. The number of unbranched alkanes of at least 4 members (excludes halogenated alkanes) is 12. The van der Waals surface area contributed by atoms with Gasteiger partial charge in [-0.1, -0.05) is 90.9 Å². The van der Waals surface area contributed by atoms with Crippen LogP contribution >= 0.6 is 0 Å². The Morgan fingerprint density at radius 2 is 0.972 bits per heavy atom. The van der Waals surface area contributed by atoms with Crippen LogP contribution in [0.3, 0.4) is 0 Å². The van der Waals surface area contributed by atoms with Crippen molar-refractivity contribution in [1.29, 1.82) is 0 Å². The van der Waals surface area contributed by atoms with E-state index in [2.05, 4.69) is 13.8 Å². The van der Waals surface area contributed by atoms with Gasteiger partial charge in [-0.15, -0.1) is 0 Å². The van der Waals surface area contributed by atoms with Gasteiger partial charge in [-0.2, -0.15) is 0 Å². The zero-order chi connectivity index (χ0) is 26.7. The minimum atomic E-state index is 0.108. The predicted molar refractivity (Wildman–Crippen MR) is 148 cm³/mol. The van der Waals surface area contributed by atoms with Crippen LogP contribution in [0.15, 0.2) is 0 Å². The topological polar surface area (TPSA) is 72.9 Å². The summed E-state index contributed by atoms with van der Waals surface area (Å²) in [5.41, 5.74) is 0. The largest absolute Gasteiger partial charge is 0.379 e. The lowest BCUT2D eigenvalue weighted by atomic mass is 10.1. The fourth-order valence-corrected chi connectivity index (χ4v) is 4.11. The molecule has 36 heavy (non-hydrogen) atoms. The minimum absolute atomic E-state index is 0.108. The van der Waals surface area contributed by atoms with Crippen molar-refractivity contribution in [2.45, 2.75) is 136 Å². The first-order valence-electron chi connectivity index (χ1n) is 15.0. The van der Waals surface area contributed by atoms with Crippen LogP contribution in [-0.2, 0) is 23.9 Å². The van der Waals surface area contributed by atoms with Crippen LogP contribution in [0, 0.1) is 0 Å². The quantitative estimate of drug-likeness (QED) is 0.105. The molecule has 0 unspecified atom stereocenters. The zero-order valence-electron chi connectivity index (χ0n) is 24.0. The Hall–Kier alpha value is -1.27. The van der Waals surface area contributed by atoms with Crippen LogP contribution < -0.4 is 0 Å². The van der Waals surface area contributed by atoms with Gasteiger partial charge in [0.2, 0.25) is 5.91 Å². The molecule has 0 atom stereocenters. The molecule has 0 bridgehead atoms. The number of hydrogen-bond acceptors (Lipinski definition) is 5. The Bertz CT molecular complexity index is 537. The second-order valence-electron chi connectivity index (χ2n) is 10.1. The van der Waals surface area contributed by atoms with Gasteiger partial charge in [-0.25, -0.2) is 0 Å². The molecule has 0 N–H and O–H groups in total. The Morgan fingerprint density at radius 3 is 1.50 bits per heavy atom. The van der Waals surface area contributed by atoms with E-state index in [4.69, 9.17) is 9.47 Å². The highest BCUT2D eigenvalue weighted by molar-refractivity contribution is 5.78. The summed E-state index contributed by atoms with van der Waals surface area (Å²) in [4.78, 5) is 37.6. The molecule has 0 radical (unpaired) electrons. The van der Waals surface area contributed by atoms with E-state index in [1.165, 1.54) is 57.8 Å². The number of ketones is 2. The number of rotatable bonds is 28. The van der Waals surface area contributed by atoms with Crippen LogP contribution in [0.25, 0.3) is 0 Å². The normalized spacial score (nSPS) is 11.1. The number of hydrogen-bond donors (Lipinski definition) is 0. The molecule has 1 amide bonds. The highest BCUT2D eigenvalue weighted by Gasteiger charge is 2.13. The first-order valence-corrected chi connectivity index (χ1v) is 15.0. The summed E-state index contributed by atoms with van der Waals surface area (Å²) in [5, 5.41) is 0. The standard InChI is InChI=1S/C30H57NO5/c1-4-6-8-9-10-11-12-13-14-15-17-19-30(34)31(22-26-35-24-20-28(3)32)23-27-36-25-21-29(33)18-16-7-5-2/h4-27H2,1-3H3. The molecule has 0 rings (SSSR count).